The van der Waals surface area contributed by atoms with Gasteiger partial charge in [0, 0.05) is 24.2 Å². The van der Waals surface area contributed by atoms with Crippen molar-refractivity contribution < 1.29 is 9.47 Å². The van der Waals surface area contributed by atoms with Gasteiger partial charge >= 0.3 is 0 Å². The van der Waals surface area contributed by atoms with E-state index in [4.69, 9.17) is 9.47 Å². The summed E-state index contributed by atoms with van der Waals surface area (Å²) in [5, 5.41) is 0. The second kappa shape index (κ2) is 6.73. The van der Waals surface area contributed by atoms with Crippen LogP contribution < -0.4 is 10.3 Å². The minimum Gasteiger partial charge on any atom is -0.468 e. The standard InChI is InChI=1S/C14H13BrINO3/c1-17-13(6-5-12(16)14(17)18)10-4-3-9(7-11(10)15)20-8-19-2/h3-7H,8H2,1-2H3. The first-order valence-corrected chi connectivity index (χ1v) is 7.69. The van der Waals surface area contributed by atoms with Crippen LogP contribution in [0.5, 0.6) is 5.75 Å². The number of rotatable bonds is 4. The molecule has 0 aliphatic carbocycles. The summed E-state index contributed by atoms with van der Waals surface area (Å²) >= 11 is 5.55. The van der Waals surface area contributed by atoms with Crippen LogP contribution in [0.2, 0.25) is 0 Å². The first-order valence-electron chi connectivity index (χ1n) is 5.81. The summed E-state index contributed by atoms with van der Waals surface area (Å²) in [5.74, 6) is 0.706. The van der Waals surface area contributed by atoms with Crippen molar-refractivity contribution in [2.45, 2.75) is 0 Å². The van der Waals surface area contributed by atoms with Gasteiger partial charge in [0.25, 0.3) is 5.56 Å². The largest absolute Gasteiger partial charge is 0.468 e. The van der Waals surface area contributed by atoms with Crippen molar-refractivity contribution in [3.05, 3.63) is 48.7 Å². The molecule has 1 heterocycles. The van der Waals surface area contributed by atoms with Crippen LogP contribution in [-0.2, 0) is 11.8 Å². The Hall–Kier alpha value is -0.860. The van der Waals surface area contributed by atoms with Crippen molar-refractivity contribution in [1.82, 2.24) is 4.57 Å². The predicted molar refractivity (Wildman–Crippen MR) is 90.0 cm³/mol. The number of methoxy groups -OCH3 is 1. The monoisotopic (exact) mass is 449 g/mol. The summed E-state index contributed by atoms with van der Waals surface area (Å²) in [7, 11) is 3.34. The third-order valence-corrected chi connectivity index (χ3v) is 4.29. The van der Waals surface area contributed by atoms with Gasteiger partial charge in [-0.2, -0.15) is 0 Å². The third kappa shape index (κ3) is 3.24. The molecule has 0 bridgehead atoms. The van der Waals surface area contributed by atoms with E-state index in [9.17, 15) is 4.79 Å². The maximum absolute atomic E-state index is 12.0. The number of ether oxygens (including phenoxy) is 2. The zero-order chi connectivity index (χ0) is 14.7. The fourth-order valence-electron chi connectivity index (χ4n) is 1.80. The molecule has 0 saturated carbocycles. The third-order valence-electron chi connectivity index (χ3n) is 2.82. The minimum absolute atomic E-state index is 0.00490. The molecule has 0 aliphatic rings. The minimum atomic E-state index is -0.00490. The molecular weight excluding hydrogens is 437 g/mol. The molecular formula is C14H13BrINO3. The molecule has 4 nitrogen and oxygen atoms in total. The summed E-state index contributed by atoms with van der Waals surface area (Å²) < 4.78 is 13.4. The van der Waals surface area contributed by atoms with E-state index in [0.717, 1.165) is 15.7 Å². The lowest BCUT2D eigenvalue weighted by Gasteiger charge is -2.12. The maximum atomic E-state index is 12.0. The Balaban J connectivity index is 2.44. The van der Waals surface area contributed by atoms with E-state index >= 15 is 0 Å². The summed E-state index contributed by atoms with van der Waals surface area (Å²) in [6, 6.07) is 9.37. The fraction of sp³-hybridized carbons (Fsp3) is 0.214. The van der Waals surface area contributed by atoms with Gasteiger partial charge in [-0.3, -0.25) is 4.79 Å². The number of hydrogen-bond donors (Lipinski definition) is 0. The predicted octanol–water partition coefficient (Wildman–Crippen LogP) is 3.40. The Kier molecular flexibility index (Phi) is 5.22. The molecule has 0 aliphatic heterocycles. The Morgan fingerprint density at radius 1 is 1.30 bits per heavy atom. The summed E-state index contributed by atoms with van der Waals surface area (Å²) in [4.78, 5) is 12.0. The number of benzene rings is 1. The van der Waals surface area contributed by atoms with Gasteiger partial charge in [0.1, 0.15) is 5.75 Å². The van der Waals surface area contributed by atoms with Crippen LogP contribution in [0.25, 0.3) is 11.3 Å². The first kappa shape index (κ1) is 15.5. The van der Waals surface area contributed by atoms with Gasteiger partial charge in [0.15, 0.2) is 6.79 Å². The number of nitrogens with zero attached hydrogens (tertiary/aromatic N) is 1. The molecule has 0 unspecified atom stereocenters. The van der Waals surface area contributed by atoms with Crippen molar-refractivity contribution in [3.63, 3.8) is 0 Å². The molecule has 106 valence electrons. The Morgan fingerprint density at radius 3 is 2.70 bits per heavy atom. The quantitative estimate of drug-likeness (QED) is 0.530. The van der Waals surface area contributed by atoms with E-state index < -0.39 is 0 Å². The topological polar surface area (TPSA) is 40.5 Å². The molecule has 1 aromatic carbocycles. The molecule has 0 amide bonds. The summed E-state index contributed by atoms with van der Waals surface area (Å²) in [6.07, 6.45) is 0. The molecule has 6 heteroatoms. The molecule has 0 atom stereocenters. The van der Waals surface area contributed by atoms with E-state index in [1.807, 2.05) is 52.9 Å². The average Bonchev–Trinajstić information content (AvgIpc) is 2.44. The normalized spacial score (nSPS) is 10.6. The van der Waals surface area contributed by atoms with Gasteiger partial charge in [-0.25, -0.2) is 0 Å². The maximum Gasteiger partial charge on any atom is 0.264 e. The highest BCUT2D eigenvalue weighted by molar-refractivity contribution is 14.1. The van der Waals surface area contributed by atoms with Crippen LogP contribution in [-0.4, -0.2) is 18.5 Å². The van der Waals surface area contributed by atoms with E-state index in [1.54, 1.807) is 18.7 Å². The molecule has 0 fully saturated rings. The molecule has 0 saturated heterocycles. The van der Waals surface area contributed by atoms with Crippen LogP contribution in [0, 0.1) is 3.57 Å². The van der Waals surface area contributed by atoms with Crippen molar-refractivity contribution in [1.29, 1.82) is 0 Å². The molecule has 0 radical (unpaired) electrons. The molecule has 2 rings (SSSR count). The van der Waals surface area contributed by atoms with Crippen LogP contribution in [0.1, 0.15) is 0 Å². The van der Waals surface area contributed by atoms with Crippen molar-refractivity contribution in [2.24, 2.45) is 7.05 Å². The van der Waals surface area contributed by atoms with Gasteiger partial charge in [-0.15, -0.1) is 0 Å². The molecule has 2 aromatic rings. The van der Waals surface area contributed by atoms with E-state index in [-0.39, 0.29) is 12.4 Å². The van der Waals surface area contributed by atoms with Gasteiger partial charge in [-0.1, -0.05) is 0 Å². The van der Waals surface area contributed by atoms with Gasteiger partial charge in [-0.05, 0) is 68.9 Å². The first-order chi connectivity index (χ1) is 9.54. The second-order valence-corrected chi connectivity index (χ2v) is 6.14. The Morgan fingerprint density at radius 2 is 2.05 bits per heavy atom. The van der Waals surface area contributed by atoms with Gasteiger partial charge in [0.05, 0.1) is 9.26 Å². The van der Waals surface area contributed by atoms with Crippen molar-refractivity contribution in [2.75, 3.05) is 13.9 Å². The highest BCUT2D eigenvalue weighted by Gasteiger charge is 2.10. The van der Waals surface area contributed by atoms with Gasteiger partial charge < -0.3 is 14.0 Å². The van der Waals surface area contributed by atoms with Crippen molar-refractivity contribution in [3.8, 4) is 17.0 Å². The lowest BCUT2D eigenvalue weighted by molar-refractivity contribution is 0.0511. The highest BCUT2D eigenvalue weighted by atomic mass is 127. The summed E-state index contributed by atoms with van der Waals surface area (Å²) in [5.41, 5.74) is 1.78. The summed E-state index contributed by atoms with van der Waals surface area (Å²) in [6.45, 7) is 0.202. The Labute approximate surface area is 139 Å². The van der Waals surface area contributed by atoms with Gasteiger partial charge in [0.2, 0.25) is 0 Å². The molecule has 0 N–H and O–H groups in total. The van der Waals surface area contributed by atoms with Crippen LogP contribution in [0.15, 0.2) is 39.6 Å². The van der Waals surface area contributed by atoms with E-state index in [0.29, 0.717) is 9.32 Å². The fourth-order valence-corrected chi connectivity index (χ4v) is 2.90. The Bertz CT molecular complexity index is 685. The lowest BCUT2D eigenvalue weighted by Crippen LogP contribution is -2.20. The van der Waals surface area contributed by atoms with Crippen LogP contribution >= 0.6 is 38.5 Å². The lowest BCUT2D eigenvalue weighted by atomic mass is 10.1. The number of hydrogen-bond acceptors (Lipinski definition) is 3. The molecule has 20 heavy (non-hydrogen) atoms. The second-order valence-electron chi connectivity index (χ2n) is 4.12. The number of halogens is 2. The SMILES string of the molecule is COCOc1ccc(-c2ccc(I)c(=O)n2C)c(Br)c1. The zero-order valence-corrected chi connectivity index (χ0v) is 14.8. The number of aromatic nitrogens is 1. The highest BCUT2D eigenvalue weighted by Crippen LogP contribution is 2.31. The average molecular weight is 450 g/mol. The number of pyridine rings is 1. The van der Waals surface area contributed by atoms with Crippen molar-refractivity contribution >= 4 is 38.5 Å². The van der Waals surface area contributed by atoms with Crippen LogP contribution in [0.4, 0.5) is 0 Å². The van der Waals surface area contributed by atoms with E-state index in [2.05, 4.69) is 15.9 Å². The molecule has 0 spiro atoms. The van der Waals surface area contributed by atoms with E-state index in [1.165, 1.54) is 0 Å². The smallest absolute Gasteiger partial charge is 0.264 e. The van der Waals surface area contributed by atoms with Crippen LogP contribution in [0.3, 0.4) is 0 Å². The zero-order valence-electron chi connectivity index (χ0n) is 11.0. The molecule has 1 aromatic heterocycles.